The van der Waals surface area contributed by atoms with Gasteiger partial charge >= 0.3 is 0 Å². The third-order valence-corrected chi connectivity index (χ3v) is 5.65. The van der Waals surface area contributed by atoms with Crippen molar-refractivity contribution in [2.75, 3.05) is 19.6 Å². The molecule has 1 aliphatic heterocycles. The number of nitrogens with two attached hydrogens (primary N) is 1. The minimum Gasteiger partial charge on any atom is -0.330 e. The van der Waals surface area contributed by atoms with Gasteiger partial charge in [-0.1, -0.05) is 12.1 Å². The summed E-state index contributed by atoms with van der Waals surface area (Å²) in [5, 5.41) is 11.0. The number of rotatable bonds is 5. The standard InChI is InChI=1S/C13H19N3O4S/c14-8-7-11-4-3-9-15(10-11)21(19,20)13-6-2-1-5-12(13)16(17)18/h1-2,5-6,11H,3-4,7-10,14H2. The van der Waals surface area contributed by atoms with E-state index in [-0.39, 0.29) is 16.5 Å². The van der Waals surface area contributed by atoms with Crippen LogP contribution in [0.15, 0.2) is 29.2 Å². The summed E-state index contributed by atoms with van der Waals surface area (Å²) in [4.78, 5) is 10.1. The summed E-state index contributed by atoms with van der Waals surface area (Å²) < 4.78 is 26.7. The van der Waals surface area contributed by atoms with Crippen molar-refractivity contribution in [3.63, 3.8) is 0 Å². The summed E-state index contributed by atoms with van der Waals surface area (Å²) >= 11 is 0. The molecule has 1 aromatic carbocycles. The Balaban J connectivity index is 2.32. The van der Waals surface area contributed by atoms with Crippen LogP contribution in [-0.2, 0) is 10.0 Å². The molecule has 1 aromatic rings. The van der Waals surface area contributed by atoms with Gasteiger partial charge in [0.05, 0.1) is 4.92 Å². The Labute approximate surface area is 123 Å². The molecule has 0 radical (unpaired) electrons. The minimum atomic E-state index is -3.84. The van der Waals surface area contributed by atoms with E-state index >= 15 is 0 Å². The number of para-hydroxylation sites is 1. The molecule has 1 saturated heterocycles. The summed E-state index contributed by atoms with van der Waals surface area (Å²) in [7, 11) is -3.84. The lowest BCUT2D eigenvalue weighted by Gasteiger charge is -2.31. The van der Waals surface area contributed by atoms with Crippen molar-refractivity contribution in [1.29, 1.82) is 0 Å². The third kappa shape index (κ3) is 3.39. The fourth-order valence-corrected chi connectivity index (χ4v) is 4.39. The largest absolute Gasteiger partial charge is 0.330 e. The summed E-state index contributed by atoms with van der Waals surface area (Å²) in [6.07, 6.45) is 2.47. The molecule has 21 heavy (non-hydrogen) atoms. The van der Waals surface area contributed by atoms with Crippen molar-refractivity contribution < 1.29 is 13.3 Å². The molecule has 0 bridgehead atoms. The molecule has 2 N–H and O–H groups in total. The SMILES string of the molecule is NCCC1CCCN(S(=O)(=O)c2ccccc2[N+](=O)[O-])C1. The first kappa shape index (κ1) is 15.9. The van der Waals surface area contributed by atoms with Gasteiger partial charge in [0.1, 0.15) is 0 Å². The first-order valence-corrected chi connectivity index (χ1v) is 8.34. The van der Waals surface area contributed by atoms with Gasteiger partial charge in [0, 0.05) is 19.2 Å². The summed E-state index contributed by atoms with van der Waals surface area (Å²) in [6, 6.07) is 5.47. The number of nitro groups is 1. The quantitative estimate of drug-likeness (QED) is 0.652. The van der Waals surface area contributed by atoms with E-state index in [0.717, 1.165) is 19.3 Å². The van der Waals surface area contributed by atoms with Gasteiger partial charge < -0.3 is 5.73 Å². The first-order valence-electron chi connectivity index (χ1n) is 6.90. The molecule has 1 fully saturated rings. The molecule has 1 aliphatic rings. The lowest BCUT2D eigenvalue weighted by Crippen LogP contribution is -2.40. The van der Waals surface area contributed by atoms with Crippen molar-refractivity contribution in [1.82, 2.24) is 4.31 Å². The van der Waals surface area contributed by atoms with Gasteiger partial charge in [-0.05, 0) is 37.8 Å². The lowest BCUT2D eigenvalue weighted by molar-refractivity contribution is -0.387. The van der Waals surface area contributed by atoms with Crippen LogP contribution in [0.3, 0.4) is 0 Å². The zero-order chi connectivity index (χ0) is 15.5. The van der Waals surface area contributed by atoms with E-state index < -0.39 is 14.9 Å². The number of hydrogen-bond donors (Lipinski definition) is 1. The molecule has 0 saturated carbocycles. The van der Waals surface area contributed by atoms with Crippen LogP contribution in [0.2, 0.25) is 0 Å². The highest BCUT2D eigenvalue weighted by Gasteiger charge is 2.34. The number of hydrogen-bond acceptors (Lipinski definition) is 5. The van der Waals surface area contributed by atoms with Gasteiger partial charge in [-0.2, -0.15) is 4.31 Å². The zero-order valence-electron chi connectivity index (χ0n) is 11.6. The molecule has 8 heteroatoms. The first-order chi connectivity index (χ1) is 9.96. The fraction of sp³-hybridized carbons (Fsp3) is 0.538. The third-order valence-electron chi connectivity index (χ3n) is 3.74. The maximum Gasteiger partial charge on any atom is 0.289 e. The van der Waals surface area contributed by atoms with Crippen molar-refractivity contribution in [3.05, 3.63) is 34.4 Å². The van der Waals surface area contributed by atoms with Gasteiger partial charge in [-0.15, -0.1) is 0 Å². The number of nitrogens with zero attached hydrogens (tertiary/aromatic N) is 2. The van der Waals surface area contributed by atoms with Crippen LogP contribution >= 0.6 is 0 Å². The Kier molecular flexibility index (Phi) is 4.92. The molecule has 116 valence electrons. The Morgan fingerprint density at radius 1 is 1.38 bits per heavy atom. The molecular weight excluding hydrogens is 294 g/mol. The zero-order valence-corrected chi connectivity index (χ0v) is 12.5. The van der Waals surface area contributed by atoms with Crippen LogP contribution in [-0.4, -0.2) is 37.3 Å². The van der Waals surface area contributed by atoms with Crippen LogP contribution in [0.25, 0.3) is 0 Å². The van der Waals surface area contributed by atoms with Crippen molar-refractivity contribution in [3.8, 4) is 0 Å². The van der Waals surface area contributed by atoms with E-state index in [0.29, 0.717) is 19.6 Å². The molecule has 1 heterocycles. The second-order valence-corrected chi connectivity index (χ2v) is 7.08. The smallest absolute Gasteiger partial charge is 0.289 e. The summed E-state index contributed by atoms with van der Waals surface area (Å²) in [5.74, 6) is 0.223. The van der Waals surface area contributed by atoms with Crippen LogP contribution in [0.4, 0.5) is 5.69 Å². The fourth-order valence-electron chi connectivity index (χ4n) is 2.68. The van der Waals surface area contributed by atoms with Crippen LogP contribution < -0.4 is 5.73 Å². The van der Waals surface area contributed by atoms with Crippen LogP contribution in [0.1, 0.15) is 19.3 Å². The monoisotopic (exact) mass is 313 g/mol. The van der Waals surface area contributed by atoms with Gasteiger partial charge in [0.25, 0.3) is 5.69 Å². The van der Waals surface area contributed by atoms with E-state index in [2.05, 4.69) is 0 Å². The Morgan fingerprint density at radius 3 is 2.76 bits per heavy atom. The summed E-state index contributed by atoms with van der Waals surface area (Å²) in [6.45, 7) is 1.30. The maximum atomic E-state index is 12.7. The van der Waals surface area contributed by atoms with Gasteiger partial charge in [0.2, 0.25) is 10.0 Å². The average molecular weight is 313 g/mol. The van der Waals surface area contributed by atoms with Crippen molar-refractivity contribution in [2.24, 2.45) is 11.7 Å². The minimum absolute atomic E-state index is 0.223. The molecule has 0 amide bonds. The molecular formula is C13H19N3O4S. The average Bonchev–Trinajstić information content (AvgIpc) is 2.48. The highest BCUT2D eigenvalue weighted by atomic mass is 32.2. The molecule has 0 aromatic heterocycles. The van der Waals surface area contributed by atoms with Crippen LogP contribution in [0.5, 0.6) is 0 Å². The van der Waals surface area contributed by atoms with E-state index in [9.17, 15) is 18.5 Å². The van der Waals surface area contributed by atoms with E-state index in [4.69, 9.17) is 5.73 Å². The number of nitro benzene ring substituents is 1. The van der Waals surface area contributed by atoms with Gasteiger partial charge in [-0.3, -0.25) is 10.1 Å². The number of benzene rings is 1. The predicted molar refractivity (Wildman–Crippen MR) is 78.3 cm³/mol. The topological polar surface area (TPSA) is 107 Å². The highest BCUT2D eigenvalue weighted by molar-refractivity contribution is 7.89. The Hall–Kier alpha value is -1.51. The molecule has 7 nitrogen and oxygen atoms in total. The van der Waals surface area contributed by atoms with Gasteiger partial charge in [-0.25, -0.2) is 8.42 Å². The molecule has 2 rings (SSSR count). The van der Waals surface area contributed by atoms with E-state index in [1.165, 1.54) is 28.6 Å². The summed E-state index contributed by atoms with van der Waals surface area (Å²) in [5.41, 5.74) is 5.16. The molecule has 1 unspecified atom stereocenters. The molecule has 0 aliphatic carbocycles. The van der Waals surface area contributed by atoms with Gasteiger partial charge in [0.15, 0.2) is 4.90 Å². The second-order valence-electron chi connectivity index (χ2n) is 5.17. The van der Waals surface area contributed by atoms with Crippen molar-refractivity contribution >= 4 is 15.7 Å². The normalized spacial score (nSPS) is 20.3. The predicted octanol–water partition coefficient (Wildman–Crippen LogP) is 1.34. The van der Waals surface area contributed by atoms with E-state index in [1.54, 1.807) is 0 Å². The Morgan fingerprint density at radius 2 is 2.10 bits per heavy atom. The van der Waals surface area contributed by atoms with E-state index in [1.807, 2.05) is 0 Å². The number of piperidine rings is 1. The molecule has 1 atom stereocenters. The van der Waals surface area contributed by atoms with Crippen molar-refractivity contribution in [2.45, 2.75) is 24.2 Å². The highest BCUT2D eigenvalue weighted by Crippen LogP contribution is 2.30. The Bertz CT molecular complexity index is 616. The molecule has 0 spiro atoms. The van der Waals surface area contributed by atoms with Crippen LogP contribution in [0, 0.1) is 16.0 Å². The maximum absolute atomic E-state index is 12.7. The second kappa shape index (κ2) is 6.50. The number of sulfonamides is 1. The lowest BCUT2D eigenvalue weighted by atomic mass is 9.96.